The van der Waals surface area contributed by atoms with Gasteiger partial charge in [0.25, 0.3) is 0 Å². The van der Waals surface area contributed by atoms with E-state index in [-0.39, 0.29) is 5.78 Å². The normalized spacial score (nSPS) is 14.5. The van der Waals surface area contributed by atoms with Crippen molar-refractivity contribution in [2.24, 2.45) is 0 Å². The number of Topliss-reactive ketones (excluding diaryl/α,β-unsaturated/α-hetero) is 1. The van der Waals surface area contributed by atoms with Crippen molar-refractivity contribution in [1.82, 2.24) is 4.98 Å². The lowest BCUT2D eigenvalue weighted by Gasteiger charge is -2.18. The van der Waals surface area contributed by atoms with E-state index in [2.05, 4.69) is 27.6 Å². The third kappa shape index (κ3) is 3.92. The van der Waals surface area contributed by atoms with Gasteiger partial charge in [-0.2, -0.15) is 0 Å². The first-order valence-electron chi connectivity index (χ1n) is 4.77. The van der Waals surface area contributed by atoms with Gasteiger partial charge < -0.3 is 4.74 Å². The third-order valence-corrected chi connectivity index (χ3v) is 4.05. The molecule has 1 aromatic rings. The molecule has 0 N–H and O–H groups in total. The molecule has 0 spiro atoms. The molecular weight excluding hydrogens is 432 g/mol. The molecule has 5 heteroatoms. The van der Waals surface area contributed by atoms with Crippen molar-refractivity contribution < 1.29 is 9.53 Å². The summed E-state index contributed by atoms with van der Waals surface area (Å²) in [6.07, 6.45) is 0.317. The summed E-state index contributed by atoms with van der Waals surface area (Å²) in [5.41, 5.74) is 1.80. The minimum atomic E-state index is -0.764. The molecule has 0 bridgehead atoms. The highest BCUT2D eigenvalue weighted by atomic mass is 127. The van der Waals surface area contributed by atoms with Crippen LogP contribution in [0.15, 0.2) is 18.2 Å². The molecule has 88 valence electrons. The van der Waals surface area contributed by atoms with E-state index in [1.54, 1.807) is 14.0 Å². The van der Waals surface area contributed by atoms with Gasteiger partial charge in [-0.05, 0) is 41.6 Å². The zero-order chi connectivity index (χ0) is 12.2. The summed E-state index contributed by atoms with van der Waals surface area (Å²) in [7, 11) is 1.54. The van der Waals surface area contributed by atoms with Crippen LogP contribution in [0, 0.1) is 0 Å². The Morgan fingerprint density at radius 3 is 2.69 bits per heavy atom. The fourth-order valence-corrected chi connectivity index (χ4v) is 1.75. The van der Waals surface area contributed by atoms with Gasteiger partial charge in [0.15, 0.2) is 9.39 Å². The number of carbonyl (C=O) groups is 1. The molecule has 1 unspecified atom stereocenters. The average molecular weight is 445 g/mol. The number of alkyl halides is 2. The molecule has 0 aliphatic heterocycles. The molecule has 1 heterocycles. The van der Waals surface area contributed by atoms with E-state index in [0.717, 1.165) is 15.8 Å². The molecule has 1 rings (SSSR count). The standard InChI is InChI=1S/C11H13I2NO2/c1-11(13,16-2)10(15)6-8-4-3-5-9(7-12)14-8/h3-5H,6-7H2,1-2H3. The van der Waals surface area contributed by atoms with E-state index in [9.17, 15) is 4.79 Å². The molecule has 0 amide bonds. The van der Waals surface area contributed by atoms with Gasteiger partial charge in [-0.15, -0.1) is 0 Å². The van der Waals surface area contributed by atoms with Crippen molar-refractivity contribution >= 4 is 51.0 Å². The van der Waals surface area contributed by atoms with Crippen LogP contribution in [0.4, 0.5) is 0 Å². The number of carbonyl (C=O) groups excluding carboxylic acids is 1. The van der Waals surface area contributed by atoms with Gasteiger partial charge in [-0.25, -0.2) is 0 Å². The van der Waals surface area contributed by atoms with Gasteiger partial charge in [-0.1, -0.05) is 28.7 Å². The zero-order valence-electron chi connectivity index (χ0n) is 9.17. The number of methoxy groups -OCH3 is 1. The van der Waals surface area contributed by atoms with Crippen LogP contribution < -0.4 is 0 Å². The van der Waals surface area contributed by atoms with Gasteiger partial charge in [0, 0.05) is 17.2 Å². The molecule has 0 radical (unpaired) electrons. The molecular formula is C11H13I2NO2. The van der Waals surface area contributed by atoms with Gasteiger partial charge >= 0.3 is 0 Å². The minimum Gasteiger partial charge on any atom is -0.361 e. The number of ketones is 1. The molecule has 0 fully saturated rings. The molecule has 0 saturated heterocycles. The van der Waals surface area contributed by atoms with E-state index in [0.29, 0.717) is 6.42 Å². The van der Waals surface area contributed by atoms with E-state index in [1.165, 1.54) is 0 Å². The topological polar surface area (TPSA) is 39.2 Å². The van der Waals surface area contributed by atoms with Crippen molar-refractivity contribution in [3.63, 3.8) is 0 Å². The number of hydrogen-bond acceptors (Lipinski definition) is 3. The van der Waals surface area contributed by atoms with Crippen molar-refractivity contribution in [2.75, 3.05) is 7.11 Å². The maximum atomic E-state index is 11.9. The summed E-state index contributed by atoms with van der Waals surface area (Å²) in [4.78, 5) is 16.3. The highest BCUT2D eigenvalue weighted by molar-refractivity contribution is 14.1. The number of pyridine rings is 1. The van der Waals surface area contributed by atoms with Crippen LogP contribution in [-0.2, 0) is 20.4 Å². The fourth-order valence-electron chi connectivity index (χ4n) is 1.14. The highest BCUT2D eigenvalue weighted by Gasteiger charge is 2.29. The fraction of sp³-hybridized carbons (Fsp3) is 0.455. The number of nitrogens with zero attached hydrogens (tertiary/aromatic N) is 1. The second-order valence-corrected chi connectivity index (χ2v) is 6.30. The monoisotopic (exact) mass is 445 g/mol. The molecule has 1 atom stereocenters. The molecule has 0 aliphatic carbocycles. The third-order valence-electron chi connectivity index (χ3n) is 2.22. The van der Waals surface area contributed by atoms with Crippen LogP contribution >= 0.6 is 45.2 Å². The average Bonchev–Trinajstić information content (AvgIpc) is 2.29. The Morgan fingerprint density at radius 1 is 1.50 bits per heavy atom. The summed E-state index contributed by atoms with van der Waals surface area (Å²) in [5.74, 6) is 0.0358. The van der Waals surface area contributed by atoms with Gasteiger partial charge in [0.2, 0.25) is 0 Å². The largest absolute Gasteiger partial charge is 0.361 e. The molecule has 16 heavy (non-hydrogen) atoms. The molecule has 0 aromatic carbocycles. The van der Waals surface area contributed by atoms with Gasteiger partial charge in [0.1, 0.15) is 0 Å². The predicted octanol–water partition coefficient (Wildman–Crippen LogP) is 2.93. The molecule has 3 nitrogen and oxygen atoms in total. The lowest BCUT2D eigenvalue weighted by Crippen LogP contribution is -2.31. The Bertz CT molecular complexity index is 380. The number of aromatic nitrogens is 1. The van der Waals surface area contributed by atoms with Crippen molar-refractivity contribution in [1.29, 1.82) is 0 Å². The summed E-state index contributed by atoms with van der Waals surface area (Å²) in [5, 5.41) is 0. The van der Waals surface area contributed by atoms with Crippen molar-refractivity contribution in [2.45, 2.75) is 21.4 Å². The van der Waals surface area contributed by atoms with Crippen molar-refractivity contribution in [3.8, 4) is 0 Å². The Morgan fingerprint density at radius 2 is 2.12 bits per heavy atom. The maximum Gasteiger partial charge on any atom is 0.180 e. The summed E-state index contributed by atoms with van der Waals surface area (Å²) < 4.78 is 5.22. The second-order valence-electron chi connectivity index (χ2n) is 3.47. The van der Waals surface area contributed by atoms with E-state index >= 15 is 0 Å². The van der Waals surface area contributed by atoms with E-state index < -0.39 is 3.61 Å². The second kappa shape index (κ2) is 6.25. The predicted molar refractivity (Wildman–Crippen MR) is 80.1 cm³/mol. The Labute approximate surface area is 123 Å². The Hall–Kier alpha value is 0.240. The summed E-state index contributed by atoms with van der Waals surface area (Å²) >= 11 is 4.26. The van der Waals surface area contributed by atoms with Crippen molar-refractivity contribution in [3.05, 3.63) is 29.6 Å². The Balaban J connectivity index is 2.77. The maximum absolute atomic E-state index is 11.9. The zero-order valence-corrected chi connectivity index (χ0v) is 13.5. The molecule has 0 saturated carbocycles. The summed E-state index contributed by atoms with van der Waals surface area (Å²) in [6, 6.07) is 5.76. The SMILES string of the molecule is COC(C)(I)C(=O)Cc1cccc(CI)n1. The van der Waals surface area contributed by atoms with Crippen LogP contribution in [0.3, 0.4) is 0 Å². The van der Waals surface area contributed by atoms with Crippen LogP contribution in [-0.4, -0.2) is 21.5 Å². The number of rotatable bonds is 5. The minimum absolute atomic E-state index is 0.0358. The van der Waals surface area contributed by atoms with Gasteiger partial charge in [0.05, 0.1) is 12.1 Å². The van der Waals surface area contributed by atoms with Crippen LogP contribution in [0.1, 0.15) is 18.3 Å². The first-order valence-corrected chi connectivity index (χ1v) is 7.38. The van der Waals surface area contributed by atoms with Gasteiger partial charge in [-0.3, -0.25) is 9.78 Å². The molecule has 0 aliphatic rings. The first kappa shape index (κ1) is 14.3. The lowest BCUT2D eigenvalue weighted by atomic mass is 10.1. The highest BCUT2D eigenvalue weighted by Crippen LogP contribution is 2.21. The first-order chi connectivity index (χ1) is 7.49. The number of ether oxygens (including phenoxy) is 1. The summed E-state index contributed by atoms with van der Waals surface area (Å²) in [6.45, 7) is 1.76. The van der Waals surface area contributed by atoms with E-state index in [1.807, 2.05) is 40.8 Å². The molecule has 1 aromatic heterocycles. The quantitative estimate of drug-likeness (QED) is 0.517. The van der Waals surface area contributed by atoms with Crippen LogP contribution in [0.25, 0.3) is 0 Å². The Kier molecular flexibility index (Phi) is 5.58. The van der Waals surface area contributed by atoms with Crippen LogP contribution in [0.5, 0.6) is 0 Å². The van der Waals surface area contributed by atoms with E-state index in [4.69, 9.17) is 4.74 Å². The van der Waals surface area contributed by atoms with Crippen LogP contribution in [0.2, 0.25) is 0 Å². The number of hydrogen-bond donors (Lipinski definition) is 0. The number of halogens is 2. The smallest absolute Gasteiger partial charge is 0.180 e. The lowest BCUT2D eigenvalue weighted by molar-refractivity contribution is -0.128.